The Balaban J connectivity index is 1.23. The Bertz CT molecular complexity index is 1400. The molecule has 1 aromatic heterocycles. The standard InChI is InChI=1S/C28H28N6O3/c29-15-25-22(13-19-16-30-21-10-5-4-9-20(19)21)31-27(36)34(25)23-11-6-12-32-24(23)14-26(35)33(28(32)37)17-18-7-2-1-3-8-18/h1-5,7-10,16,22-25,30H,6,11-14,17H2,(H,31,36)/t22-,23+,24-,25-/m0/s1. The Morgan fingerprint density at radius 2 is 1.78 bits per heavy atom. The first kappa shape index (κ1) is 23.1. The van der Waals surface area contributed by atoms with Gasteiger partial charge in [0.2, 0.25) is 5.91 Å². The van der Waals surface area contributed by atoms with Gasteiger partial charge in [0, 0.05) is 30.1 Å². The number of hydrogen-bond donors (Lipinski definition) is 2. The maximum Gasteiger partial charge on any atom is 0.327 e. The molecule has 0 radical (unpaired) electrons. The monoisotopic (exact) mass is 496 g/mol. The SMILES string of the molecule is N#C[C@H]1[C@H](Cc2c[nH]c3ccccc23)NC(=O)N1[C@@H]1CCCN2C(=O)N(Cc3ccccc3)C(=O)C[C@@H]12. The van der Waals surface area contributed by atoms with Crippen molar-refractivity contribution in [2.75, 3.05) is 6.54 Å². The van der Waals surface area contributed by atoms with E-state index in [1.54, 1.807) is 9.80 Å². The number of aromatic amines is 1. The lowest BCUT2D eigenvalue weighted by molar-refractivity contribution is -0.135. The first-order valence-corrected chi connectivity index (χ1v) is 12.7. The summed E-state index contributed by atoms with van der Waals surface area (Å²) in [5.74, 6) is -0.245. The van der Waals surface area contributed by atoms with E-state index in [4.69, 9.17) is 0 Å². The molecular weight excluding hydrogens is 468 g/mol. The summed E-state index contributed by atoms with van der Waals surface area (Å²) in [6.07, 6.45) is 3.92. The average Bonchev–Trinajstić information content (AvgIpc) is 3.47. The number of benzene rings is 2. The fourth-order valence-corrected chi connectivity index (χ4v) is 6.16. The minimum Gasteiger partial charge on any atom is -0.361 e. The molecule has 6 rings (SSSR count). The smallest absolute Gasteiger partial charge is 0.327 e. The second-order valence-electron chi connectivity index (χ2n) is 10.0. The molecule has 0 aliphatic carbocycles. The van der Waals surface area contributed by atoms with Crippen molar-refractivity contribution in [3.8, 4) is 6.07 Å². The van der Waals surface area contributed by atoms with Gasteiger partial charge >= 0.3 is 12.1 Å². The van der Waals surface area contributed by atoms with Crippen molar-refractivity contribution < 1.29 is 14.4 Å². The lowest BCUT2D eigenvalue weighted by Gasteiger charge is -2.49. The van der Waals surface area contributed by atoms with Crippen molar-refractivity contribution in [2.45, 2.75) is 56.4 Å². The number of piperidine rings is 1. The molecule has 3 aromatic rings. The van der Waals surface area contributed by atoms with Gasteiger partial charge in [0.15, 0.2) is 0 Å². The van der Waals surface area contributed by atoms with Crippen LogP contribution in [-0.4, -0.2) is 68.4 Å². The maximum atomic E-state index is 13.4. The molecule has 9 nitrogen and oxygen atoms in total. The number of imide groups is 1. The second kappa shape index (κ2) is 9.28. The highest BCUT2D eigenvalue weighted by molar-refractivity contribution is 5.97. The molecule has 0 unspecified atom stereocenters. The number of carbonyl (C=O) groups excluding carboxylic acids is 3. The van der Waals surface area contributed by atoms with Gasteiger partial charge in [-0.25, -0.2) is 9.59 Å². The lowest BCUT2D eigenvalue weighted by atomic mass is 9.89. The highest BCUT2D eigenvalue weighted by atomic mass is 16.2. The zero-order chi connectivity index (χ0) is 25.5. The fourth-order valence-electron chi connectivity index (χ4n) is 6.16. The number of nitrogens with one attached hydrogen (secondary N) is 2. The summed E-state index contributed by atoms with van der Waals surface area (Å²) >= 11 is 0. The van der Waals surface area contributed by atoms with Crippen molar-refractivity contribution in [3.05, 3.63) is 71.9 Å². The fraction of sp³-hybridized carbons (Fsp3) is 0.357. The van der Waals surface area contributed by atoms with Crippen LogP contribution in [0, 0.1) is 11.3 Å². The molecule has 2 N–H and O–H groups in total. The molecule has 3 saturated heterocycles. The van der Waals surface area contributed by atoms with Crippen molar-refractivity contribution in [1.29, 1.82) is 5.26 Å². The molecule has 3 aliphatic heterocycles. The number of nitrogens with zero attached hydrogens (tertiary/aromatic N) is 4. The van der Waals surface area contributed by atoms with E-state index in [0.29, 0.717) is 25.8 Å². The van der Waals surface area contributed by atoms with Gasteiger partial charge in [0.1, 0.15) is 6.04 Å². The van der Waals surface area contributed by atoms with Crippen LogP contribution in [-0.2, 0) is 17.8 Å². The van der Waals surface area contributed by atoms with E-state index in [1.807, 2.05) is 60.8 Å². The molecule has 5 amide bonds. The maximum absolute atomic E-state index is 13.4. The zero-order valence-corrected chi connectivity index (χ0v) is 20.3. The van der Waals surface area contributed by atoms with E-state index >= 15 is 0 Å². The van der Waals surface area contributed by atoms with E-state index in [9.17, 15) is 19.6 Å². The molecular formula is C28H28N6O3. The lowest BCUT2D eigenvalue weighted by Crippen LogP contribution is -2.66. The third kappa shape index (κ3) is 3.99. The summed E-state index contributed by atoms with van der Waals surface area (Å²) in [4.78, 5) is 47.7. The quantitative estimate of drug-likeness (QED) is 0.564. The average molecular weight is 497 g/mol. The summed E-state index contributed by atoms with van der Waals surface area (Å²) in [6, 6.07) is 17.2. The Hall–Kier alpha value is -4.32. The van der Waals surface area contributed by atoms with Gasteiger partial charge in [0.25, 0.3) is 0 Å². The van der Waals surface area contributed by atoms with Crippen molar-refractivity contribution in [1.82, 2.24) is 25.0 Å². The molecule has 4 atom stereocenters. The first-order chi connectivity index (χ1) is 18.0. The molecule has 0 spiro atoms. The van der Waals surface area contributed by atoms with Crippen molar-refractivity contribution in [3.63, 3.8) is 0 Å². The number of nitriles is 1. The summed E-state index contributed by atoms with van der Waals surface area (Å²) in [5.41, 5.74) is 2.93. The summed E-state index contributed by atoms with van der Waals surface area (Å²) in [6.45, 7) is 0.758. The third-order valence-corrected chi connectivity index (χ3v) is 7.92. The number of para-hydroxylation sites is 1. The summed E-state index contributed by atoms with van der Waals surface area (Å²) < 4.78 is 0. The largest absolute Gasteiger partial charge is 0.361 e. The van der Waals surface area contributed by atoms with Gasteiger partial charge in [0.05, 0.1) is 30.7 Å². The van der Waals surface area contributed by atoms with Crippen molar-refractivity contribution >= 4 is 28.9 Å². The van der Waals surface area contributed by atoms with Gasteiger partial charge in [-0.3, -0.25) is 9.69 Å². The third-order valence-electron chi connectivity index (χ3n) is 7.92. The number of rotatable bonds is 5. The molecule has 4 heterocycles. The first-order valence-electron chi connectivity index (χ1n) is 12.7. The molecule has 3 fully saturated rings. The van der Waals surface area contributed by atoms with Crippen LogP contribution in [0.2, 0.25) is 0 Å². The van der Waals surface area contributed by atoms with Gasteiger partial charge in [-0.05, 0) is 36.5 Å². The Labute approximate surface area is 214 Å². The number of H-pyrrole nitrogens is 1. The van der Waals surface area contributed by atoms with Gasteiger partial charge < -0.3 is 20.1 Å². The van der Waals surface area contributed by atoms with Crippen LogP contribution in [0.25, 0.3) is 10.9 Å². The summed E-state index contributed by atoms with van der Waals surface area (Å²) in [7, 11) is 0. The van der Waals surface area contributed by atoms with Crippen LogP contribution in [0.5, 0.6) is 0 Å². The molecule has 0 bridgehead atoms. The number of amides is 5. The van der Waals surface area contributed by atoms with Crippen LogP contribution < -0.4 is 5.32 Å². The molecule has 3 aliphatic rings. The highest BCUT2D eigenvalue weighted by Crippen LogP contribution is 2.34. The molecule has 0 saturated carbocycles. The second-order valence-corrected chi connectivity index (χ2v) is 10.0. The molecule has 188 valence electrons. The van der Waals surface area contributed by atoms with Gasteiger partial charge in [-0.15, -0.1) is 0 Å². The Morgan fingerprint density at radius 3 is 2.59 bits per heavy atom. The molecule has 2 aromatic carbocycles. The number of fused-ring (bicyclic) bond motifs is 2. The van der Waals surface area contributed by atoms with Crippen molar-refractivity contribution in [2.24, 2.45) is 0 Å². The van der Waals surface area contributed by atoms with Crippen LogP contribution >= 0.6 is 0 Å². The van der Waals surface area contributed by atoms with Crippen LogP contribution in [0.4, 0.5) is 9.59 Å². The van der Waals surface area contributed by atoms with E-state index in [-0.39, 0.29) is 30.9 Å². The van der Waals surface area contributed by atoms with E-state index in [2.05, 4.69) is 16.4 Å². The van der Waals surface area contributed by atoms with E-state index in [0.717, 1.165) is 22.0 Å². The summed E-state index contributed by atoms with van der Waals surface area (Å²) in [5, 5.41) is 14.2. The van der Waals surface area contributed by atoms with Crippen LogP contribution in [0.1, 0.15) is 30.4 Å². The van der Waals surface area contributed by atoms with Gasteiger partial charge in [-0.1, -0.05) is 48.5 Å². The van der Waals surface area contributed by atoms with E-state index < -0.39 is 24.2 Å². The van der Waals surface area contributed by atoms with E-state index in [1.165, 1.54) is 4.90 Å². The topological polar surface area (TPSA) is 113 Å². The molecule has 9 heteroatoms. The Morgan fingerprint density at radius 1 is 1.00 bits per heavy atom. The minimum atomic E-state index is -0.696. The van der Waals surface area contributed by atoms with Crippen LogP contribution in [0.15, 0.2) is 60.8 Å². The number of hydrogen-bond acceptors (Lipinski definition) is 4. The molecule has 37 heavy (non-hydrogen) atoms. The predicted molar refractivity (Wildman–Crippen MR) is 136 cm³/mol. The number of aromatic nitrogens is 1. The highest BCUT2D eigenvalue weighted by Gasteiger charge is 2.51. The minimum absolute atomic E-state index is 0.137. The van der Waals surface area contributed by atoms with Gasteiger partial charge in [-0.2, -0.15) is 5.26 Å². The number of carbonyl (C=O) groups is 3. The normalized spacial score (nSPS) is 25.8. The number of urea groups is 2. The van der Waals surface area contributed by atoms with Crippen LogP contribution in [0.3, 0.4) is 0 Å². The Kier molecular flexibility index (Phi) is 5.80. The predicted octanol–water partition coefficient (Wildman–Crippen LogP) is 3.38. The zero-order valence-electron chi connectivity index (χ0n) is 20.3.